The van der Waals surface area contributed by atoms with Crippen LogP contribution in [0, 0.1) is 0 Å². The van der Waals surface area contributed by atoms with Crippen LogP contribution < -0.4 is 9.47 Å². The highest BCUT2D eigenvalue weighted by atomic mass is 35.5. The molecule has 4 rings (SSSR count). The molecule has 7 heteroatoms. The summed E-state index contributed by atoms with van der Waals surface area (Å²) in [5.74, 6) is 1.79. The van der Waals surface area contributed by atoms with Crippen LogP contribution in [0.5, 0.6) is 11.5 Å². The Morgan fingerprint density at radius 3 is 2.38 bits per heavy atom. The fraction of sp³-hybridized carbons (Fsp3) is 0.409. The van der Waals surface area contributed by atoms with E-state index in [1.165, 1.54) is 5.56 Å². The molecule has 154 valence electrons. The molecule has 0 N–H and O–H groups in total. The number of hydrogen-bond acceptors (Lipinski definition) is 5. The van der Waals surface area contributed by atoms with E-state index in [9.17, 15) is 4.79 Å². The van der Waals surface area contributed by atoms with Crippen LogP contribution in [0.2, 0.25) is 5.02 Å². The summed E-state index contributed by atoms with van der Waals surface area (Å²) in [4.78, 5) is 19.0. The largest absolute Gasteiger partial charge is 0.454 e. The number of rotatable bonds is 6. The predicted molar refractivity (Wildman–Crippen MR) is 112 cm³/mol. The van der Waals surface area contributed by atoms with E-state index >= 15 is 0 Å². The van der Waals surface area contributed by atoms with Gasteiger partial charge >= 0.3 is 0 Å². The summed E-state index contributed by atoms with van der Waals surface area (Å²) in [6.45, 7) is 5.93. The maximum absolute atomic E-state index is 12.6. The van der Waals surface area contributed by atoms with Crippen molar-refractivity contribution in [2.24, 2.45) is 0 Å². The lowest BCUT2D eigenvalue weighted by Crippen LogP contribution is -2.49. The minimum Gasteiger partial charge on any atom is -0.454 e. The van der Waals surface area contributed by atoms with E-state index in [1.54, 1.807) is 4.90 Å². The summed E-state index contributed by atoms with van der Waals surface area (Å²) in [7, 11) is 1.85. The first-order valence-corrected chi connectivity index (χ1v) is 10.3. The summed E-state index contributed by atoms with van der Waals surface area (Å²) in [5.41, 5.74) is 2.31. The summed E-state index contributed by atoms with van der Waals surface area (Å²) in [5, 5.41) is 0.710. The highest BCUT2D eigenvalue weighted by molar-refractivity contribution is 6.30. The van der Waals surface area contributed by atoms with Gasteiger partial charge in [-0.05, 0) is 35.4 Å². The Balaban J connectivity index is 1.22. The molecule has 0 aromatic heterocycles. The quantitative estimate of drug-likeness (QED) is 0.726. The van der Waals surface area contributed by atoms with Crippen LogP contribution in [-0.4, -0.2) is 67.2 Å². The molecule has 6 nitrogen and oxygen atoms in total. The van der Waals surface area contributed by atoms with Gasteiger partial charge in [-0.15, -0.1) is 0 Å². The summed E-state index contributed by atoms with van der Waals surface area (Å²) in [6.07, 6.45) is 0. The van der Waals surface area contributed by atoms with Crippen LogP contribution in [0.4, 0.5) is 0 Å². The van der Waals surface area contributed by atoms with Gasteiger partial charge in [-0.2, -0.15) is 0 Å². The topological polar surface area (TPSA) is 45.3 Å². The zero-order valence-corrected chi connectivity index (χ0v) is 17.4. The number of hydrogen-bond donors (Lipinski definition) is 0. The lowest BCUT2D eigenvalue weighted by atomic mass is 10.1. The third-order valence-corrected chi connectivity index (χ3v) is 5.68. The van der Waals surface area contributed by atoms with Gasteiger partial charge in [-0.25, -0.2) is 0 Å². The smallest absolute Gasteiger partial charge is 0.236 e. The van der Waals surface area contributed by atoms with Crippen molar-refractivity contribution in [1.29, 1.82) is 0 Å². The minimum atomic E-state index is 0.143. The standard InChI is InChI=1S/C22H26ClN3O3/c1-24(13-17-2-5-19(23)6-3-17)22(27)15-26-10-8-25(9-11-26)14-18-4-7-20-21(12-18)29-16-28-20/h2-7,12H,8-11,13-16H2,1H3. The van der Waals surface area contributed by atoms with Gasteiger partial charge in [-0.3, -0.25) is 14.6 Å². The average Bonchev–Trinajstić information content (AvgIpc) is 3.19. The second-order valence-corrected chi connectivity index (χ2v) is 8.05. The van der Waals surface area contributed by atoms with Crippen LogP contribution in [0.15, 0.2) is 42.5 Å². The molecular weight excluding hydrogens is 390 g/mol. The zero-order valence-electron chi connectivity index (χ0n) is 16.6. The van der Waals surface area contributed by atoms with E-state index in [0.717, 1.165) is 49.8 Å². The van der Waals surface area contributed by atoms with E-state index < -0.39 is 0 Å². The third-order valence-electron chi connectivity index (χ3n) is 5.43. The normalized spacial score (nSPS) is 16.8. The van der Waals surface area contributed by atoms with Gasteiger partial charge < -0.3 is 14.4 Å². The molecule has 2 heterocycles. The van der Waals surface area contributed by atoms with Crippen LogP contribution in [0.25, 0.3) is 0 Å². The van der Waals surface area contributed by atoms with Crippen LogP contribution in [0.3, 0.4) is 0 Å². The van der Waals surface area contributed by atoms with Gasteiger partial charge in [0, 0.05) is 51.3 Å². The Morgan fingerprint density at radius 1 is 0.966 bits per heavy atom. The number of carbonyl (C=O) groups excluding carboxylic acids is 1. The van der Waals surface area contributed by atoms with Gasteiger partial charge in [0.2, 0.25) is 12.7 Å². The first-order chi connectivity index (χ1) is 14.1. The number of ether oxygens (including phenoxy) is 2. The molecule has 2 aromatic rings. The SMILES string of the molecule is CN(Cc1ccc(Cl)cc1)C(=O)CN1CCN(Cc2ccc3c(c2)OCO3)CC1. The Labute approximate surface area is 176 Å². The van der Waals surface area contributed by atoms with Crippen molar-refractivity contribution in [2.75, 3.05) is 46.6 Å². The maximum atomic E-state index is 12.6. The highest BCUT2D eigenvalue weighted by Crippen LogP contribution is 2.32. The fourth-order valence-corrected chi connectivity index (χ4v) is 3.79. The monoisotopic (exact) mass is 415 g/mol. The molecular formula is C22H26ClN3O3. The van der Waals surface area contributed by atoms with Gasteiger partial charge in [0.15, 0.2) is 11.5 Å². The second-order valence-electron chi connectivity index (χ2n) is 7.62. The first kappa shape index (κ1) is 20.0. The van der Waals surface area contributed by atoms with E-state index in [0.29, 0.717) is 24.9 Å². The van der Waals surface area contributed by atoms with Crippen LogP contribution in [-0.2, 0) is 17.9 Å². The van der Waals surface area contributed by atoms with E-state index in [4.69, 9.17) is 21.1 Å². The van der Waals surface area contributed by atoms with Gasteiger partial charge in [-0.1, -0.05) is 29.8 Å². The van der Waals surface area contributed by atoms with E-state index in [-0.39, 0.29) is 5.91 Å². The van der Waals surface area contributed by atoms with Crippen molar-refractivity contribution in [3.8, 4) is 11.5 Å². The number of amides is 1. The number of benzene rings is 2. The van der Waals surface area contributed by atoms with Crippen molar-refractivity contribution in [3.63, 3.8) is 0 Å². The Morgan fingerprint density at radius 2 is 1.62 bits per heavy atom. The van der Waals surface area contributed by atoms with E-state index in [2.05, 4.69) is 21.9 Å². The van der Waals surface area contributed by atoms with Gasteiger partial charge in [0.05, 0.1) is 6.54 Å². The Hall–Kier alpha value is -2.28. The van der Waals surface area contributed by atoms with Crippen molar-refractivity contribution >= 4 is 17.5 Å². The molecule has 0 spiro atoms. The molecule has 0 aliphatic carbocycles. The molecule has 1 fully saturated rings. The molecule has 2 aliphatic rings. The summed E-state index contributed by atoms with van der Waals surface area (Å²) >= 11 is 5.92. The first-order valence-electron chi connectivity index (χ1n) is 9.88. The zero-order chi connectivity index (χ0) is 20.2. The lowest BCUT2D eigenvalue weighted by Gasteiger charge is -2.35. The summed E-state index contributed by atoms with van der Waals surface area (Å²) < 4.78 is 10.8. The van der Waals surface area contributed by atoms with Gasteiger partial charge in [0.25, 0.3) is 0 Å². The Kier molecular flexibility index (Phi) is 6.23. The average molecular weight is 416 g/mol. The Bertz CT molecular complexity index is 851. The van der Waals surface area contributed by atoms with Crippen molar-refractivity contribution in [3.05, 3.63) is 58.6 Å². The molecule has 29 heavy (non-hydrogen) atoms. The molecule has 2 aromatic carbocycles. The molecule has 1 saturated heterocycles. The minimum absolute atomic E-state index is 0.143. The second kappa shape index (κ2) is 9.03. The highest BCUT2D eigenvalue weighted by Gasteiger charge is 2.21. The number of likely N-dealkylation sites (N-methyl/N-ethyl adjacent to an activating group) is 1. The number of carbonyl (C=O) groups is 1. The molecule has 0 bridgehead atoms. The maximum Gasteiger partial charge on any atom is 0.236 e. The fourth-order valence-electron chi connectivity index (χ4n) is 3.67. The molecule has 0 saturated carbocycles. The van der Waals surface area contributed by atoms with Crippen molar-refractivity contribution in [2.45, 2.75) is 13.1 Å². The molecule has 2 aliphatic heterocycles. The number of nitrogens with zero attached hydrogens (tertiary/aromatic N) is 3. The van der Waals surface area contributed by atoms with Crippen LogP contribution in [0.1, 0.15) is 11.1 Å². The predicted octanol–water partition coefficient (Wildman–Crippen LogP) is 2.84. The molecule has 0 radical (unpaired) electrons. The number of piperazine rings is 1. The third kappa shape index (κ3) is 5.21. The molecule has 0 unspecified atom stereocenters. The van der Waals surface area contributed by atoms with E-state index in [1.807, 2.05) is 37.4 Å². The lowest BCUT2D eigenvalue weighted by molar-refractivity contribution is -0.132. The number of halogens is 1. The van der Waals surface area contributed by atoms with Crippen LogP contribution >= 0.6 is 11.6 Å². The molecule has 0 atom stereocenters. The van der Waals surface area contributed by atoms with Crippen molar-refractivity contribution < 1.29 is 14.3 Å². The molecule has 1 amide bonds. The summed E-state index contributed by atoms with van der Waals surface area (Å²) in [6, 6.07) is 13.8. The van der Waals surface area contributed by atoms with Crippen molar-refractivity contribution in [1.82, 2.24) is 14.7 Å². The van der Waals surface area contributed by atoms with Gasteiger partial charge in [0.1, 0.15) is 0 Å². The number of fused-ring (bicyclic) bond motifs is 1.